The molecule has 1 aliphatic rings. The van der Waals surface area contributed by atoms with E-state index in [2.05, 4.69) is 24.3 Å². The van der Waals surface area contributed by atoms with Crippen LogP contribution in [0, 0.1) is 0 Å². The maximum Gasteiger partial charge on any atom is 0.185 e. The number of carbonyl (C=O) groups is 12. The van der Waals surface area contributed by atoms with Crippen LogP contribution in [0.5, 0.6) is 0 Å². The Labute approximate surface area is 271 Å². The average molecular weight is 817 g/mol. The second kappa shape index (κ2) is 30.8. The number of rotatable bonds is 12. The zero-order valence-corrected chi connectivity index (χ0v) is 27.2. The number of carboxylic acid groups (broad SMARTS) is 4. The Morgan fingerprint density at radius 1 is 0.378 bits per heavy atom. The zero-order valence-electron chi connectivity index (χ0n) is 24.8. The van der Waals surface area contributed by atoms with Gasteiger partial charge in [-0.1, -0.05) is 24.3 Å². The maximum absolute atomic E-state index is 10.1. The van der Waals surface area contributed by atoms with E-state index in [-0.39, 0.29) is 20.1 Å². The molecular formula is C28H32IrO16-4. The van der Waals surface area contributed by atoms with Crippen LogP contribution < -0.4 is 20.4 Å². The first-order valence-corrected chi connectivity index (χ1v) is 12.4. The molecule has 0 aromatic heterocycles. The summed E-state index contributed by atoms with van der Waals surface area (Å²) in [6.07, 6.45) is 11.7. The summed E-state index contributed by atoms with van der Waals surface area (Å²) in [5.41, 5.74) is 0. The van der Waals surface area contributed by atoms with Crippen molar-refractivity contribution in [3.05, 3.63) is 24.3 Å². The van der Waals surface area contributed by atoms with Gasteiger partial charge >= 0.3 is 0 Å². The van der Waals surface area contributed by atoms with Crippen LogP contribution in [-0.4, -0.2) is 70.1 Å². The van der Waals surface area contributed by atoms with Gasteiger partial charge in [0.25, 0.3) is 0 Å². The molecule has 16 nitrogen and oxygen atoms in total. The van der Waals surface area contributed by atoms with Crippen LogP contribution in [0.1, 0.15) is 79.1 Å². The van der Waals surface area contributed by atoms with Gasteiger partial charge in [-0.05, 0) is 53.4 Å². The third-order valence-electron chi connectivity index (χ3n) is 3.88. The van der Waals surface area contributed by atoms with Gasteiger partial charge in [-0.2, -0.15) is 0 Å². The molecule has 0 spiro atoms. The summed E-state index contributed by atoms with van der Waals surface area (Å²) in [4.78, 5) is 119. The van der Waals surface area contributed by atoms with E-state index in [0.717, 1.165) is 27.7 Å². The molecule has 1 aliphatic carbocycles. The van der Waals surface area contributed by atoms with Crippen molar-refractivity contribution in [3.63, 3.8) is 0 Å². The van der Waals surface area contributed by atoms with Crippen molar-refractivity contribution in [3.8, 4) is 0 Å². The van der Waals surface area contributed by atoms with Gasteiger partial charge in [0.2, 0.25) is 0 Å². The Balaban J connectivity index is -0.000000147. The van der Waals surface area contributed by atoms with Crippen molar-refractivity contribution in [2.45, 2.75) is 79.1 Å². The molecule has 0 bridgehead atoms. The van der Waals surface area contributed by atoms with Crippen LogP contribution in [0.4, 0.5) is 0 Å². The summed E-state index contributed by atoms with van der Waals surface area (Å²) in [6, 6.07) is 0. The average Bonchev–Trinajstić information content (AvgIpc) is 2.83. The van der Waals surface area contributed by atoms with E-state index in [1.807, 2.05) is 0 Å². The third-order valence-corrected chi connectivity index (χ3v) is 3.88. The molecule has 0 unspecified atom stereocenters. The fourth-order valence-electron chi connectivity index (χ4n) is 2.05. The minimum Gasteiger partial charge on any atom is -0.542 e. The topological polar surface area (TPSA) is 297 Å². The van der Waals surface area contributed by atoms with E-state index >= 15 is 0 Å². The van der Waals surface area contributed by atoms with E-state index in [1.165, 1.54) is 25.7 Å². The molecule has 45 heavy (non-hydrogen) atoms. The number of carboxylic acids is 4. The van der Waals surface area contributed by atoms with E-state index in [4.69, 9.17) is 0 Å². The first-order chi connectivity index (χ1) is 20.1. The van der Waals surface area contributed by atoms with E-state index in [9.17, 15) is 78.0 Å². The second-order valence-electron chi connectivity index (χ2n) is 8.46. The van der Waals surface area contributed by atoms with Crippen LogP contribution in [0.25, 0.3) is 0 Å². The fraction of sp³-hybridized carbons (Fsp3) is 0.429. The van der Waals surface area contributed by atoms with Gasteiger partial charge in [-0.25, -0.2) is 0 Å². The van der Waals surface area contributed by atoms with Crippen molar-refractivity contribution in [1.82, 2.24) is 0 Å². The monoisotopic (exact) mass is 817 g/mol. The van der Waals surface area contributed by atoms with Crippen LogP contribution in [0.15, 0.2) is 24.3 Å². The summed E-state index contributed by atoms with van der Waals surface area (Å²) in [5.74, 6) is -13.7. The zero-order chi connectivity index (χ0) is 35.4. The first-order valence-electron chi connectivity index (χ1n) is 12.4. The number of carbonyl (C=O) groups excluding carboxylic acids is 12. The van der Waals surface area contributed by atoms with Crippen molar-refractivity contribution in [2.75, 3.05) is 0 Å². The molecule has 0 heterocycles. The van der Waals surface area contributed by atoms with Crippen LogP contribution in [-0.2, 0) is 77.6 Å². The number of Topliss-reactive ketones (excluding diaryl/α,β-unsaturated/α-hetero) is 8. The van der Waals surface area contributed by atoms with Gasteiger partial charge in [0.15, 0.2) is 23.1 Å². The summed E-state index contributed by atoms with van der Waals surface area (Å²) in [6.45, 7) is 4.56. The van der Waals surface area contributed by atoms with Gasteiger partial charge in [0, 0.05) is 20.1 Å². The van der Waals surface area contributed by atoms with Crippen molar-refractivity contribution >= 4 is 70.1 Å². The molecule has 1 rings (SSSR count). The Kier molecular flexibility index (Phi) is 34.3. The Bertz CT molecular complexity index is 983. The minimum absolute atomic E-state index is 0. The standard InChI is InChI=1S/C8H12.4C5H6O4.Ir/c1-2-4-6-8-7-5-3-1;4*1-3(6)2-4(7)5(8)9;/h1-2,7-8H,3-6H2;4*2H2,1H3,(H,8,9);/p-4/b2-1-,8-7?;;;;;. The summed E-state index contributed by atoms with van der Waals surface area (Å²) in [5, 5.41) is 38.5. The first kappa shape index (κ1) is 50.0. The molecule has 17 heteroatoms. The predicted octanol–water partition coefficient (Wildman–Crippen LogP) is -4.19. The van der Waals surface area contributed by atoms with Crippen molar-refractivity contribution in [1.29, 1.82) is 0 Å². The number of allylic oxidation sites excluding steroid dienone is 4. The van der Waals surface area contributed by atoms with Gasteiger partial charge in [0.05, 0.1) is 25.7 Å². The third kappa shape index (κ3) is 43.9. The molecule has 0 saturated carbocycles. The maximum atomic E-state index is 10.1. The number of hydrogen-bond acceptors (Lipinski definition) is 16. The van der Waals surface area contributed by atoms with Gasteiger partial charge < -0.3 is 39.6 Å². The second-order valence-corrected chi connectivity index (χ2v) is 8.46. The molecule has 0 fully saturated rings. The van der Waals surface area contributed by atoms with Crippen LogP contribution in [0.2, 0.25) is 0 Å². The van der Waals surface area contributed by atoms with Gasteiger partial charge in [0.1, 0.15) is 47.0 Å². The minimum atomic E-state index is -1.80. The van der Waals surface area contributed by atoms with Crippen molar-refractivity contribution < 1.29 is 98.1 Å². The molecule has 0 aromatic carbocycles. The largest absolute Gasteiger partial charge is 0.542 e. The molecule has 0 aliphatic heterocycles. The Morgan fingerprint density at radius 2 is 0.511 bits per heavy atom. The SMILES string of the molecule is C1=CCC/C=C\CC1.CC(=O)CC(=O)C(=O)[O-].CC(=O)CC(=O)C(=O)[O-].CC(=O)CC(=O)C(=O)[O-].CC(=O)CC(=O)C(=O)[O-].[Ir]. The van der Waals surface area contributed by atoms with Gasteiger partial charge in [-0.3, -0.25) is 38.4 Å². The molecule has 0 amide bonds. The number of hydrogen-bond donors (Lipinski definition) is 0. The summed E-state index contributed by atoms with van der Waals surface area (Å²) in [7, 11) is 0. The summed E-state index contributed by atoms with van der Waals surface area (Å²) < 4.78 is 0. The molecular weight excluding hydrogens is 785 g/mol. The molecule has 0 N–H and O–H groups in total. The Hall–Kier alpha value is -4.63. The molecule has 1 radical (unpaired) electrons. The summed E-state index contributed by atoms with van der Waals surface area (Å²) >= 11 is 0. The van der Waals surface area contributed by atoms with E-state index < -0.39 is 95.8 Å². The molecule has 253 valence electrons. The number of aliphatic carboxylic acids is 4. The van der Waals surface area contributed by atoms with E-state index in [1.54, 1.807) is 0 Å². The van der Waals surface area contributed by atoms with Crippen LogP contribution >= 0.6 is 0 Å². The quantitative estimate of drug-likeness (QED) is 0.102. The molecule has 0 atom stereocenters. The van der Waals surface area contributed by atoms with E-state index in [0.29, 0.717) is 0 Å². The molecule has 0 saturated heterocycles. The fourth-order valence-corrected chi connectivity index (χ4v) is 2.05. The van der Waals surface area contributed by atoms with Crippen LogP contribution in [0.3, 0.4) is 0 Å². The van der Waals surface area contributed by atoms with Crippen molar-refractivity contribution in [2.24, 2.45) is 0 Å². The normalized spacial score (nSPS) is 11.1. The molecule has 0 aromatic rings. The number of ketones is 8. The smallest absolute Gasteiger partial charge is 0.185 e. The Morgan fingerprint density at radius 3 is 0.578 bits per heavy atom. The van der Waals surface area contributed by atoms with Gasteiger partial charge in [-0.15, -0.1) is 0 Å². The predicted molar refractivity (Wildman–Crippen MR) is 138 cm³/mol.